The monoisotopic (exact) mass is 320 g/mol. The maximum Gasteiger partial charge on any atom is 0.416 e. The van der Waals surface area contributed by atoms with Crippen LogP contribution in [0.15, 0.2) is 18.2 Å². The summed E-state index contributed by atoms with van der Waals surface area (Å²) in [6.45, 7) is 3.53. The summed E-state index contributed by atoms with van der Waals surface area (Å²) in [4.78, 5) is 21.1. The van der Waals surface area contributed by atoms with E-state index in [0.29, 0.717) is 12.1 Å². The third-order valence-electron chi connectivity index (χ3n) is 2.86. The van der Waals surface area contributed by atoms with E-state index in [9.17, 15) is 28.1 Å². The van der Waals surface area contributed by atoms with Crippen molar-refractivity contribution < 1.29 is 28.0 Å². The van der Waals surface area contributed by atoms with Crippen molar-refractivity contribution in [2.75, 3.05) is 5.32 Å². The Balaban J connectivity index is 3.18. The fourth-order valence-corrected chi connectivity index (χ4v) is 1.86. The average Bonchev–Trinajstić information content (AvgIpc) is 2.36. The third-order valence-corrected chi connectivity index (χ3v) is 2.86. The Morgan fingerprint density at radius 1 is 1.41 bits per heavy atom. The Kier molecular flexibility index (Phi) is 5.34. The van der Waals surface area contributed by atoms with E-state index < -0.39 is 34.4 Å². The Morgan fingerprint density at radius 3 is 2.41 bits per heavy atom. The SMILES string of the molecule is CC(C)CC(Nc1ccc(C(F)(F)F)cc1[N+](=O)[O-])C(=O)O. The molecule has 122 valence electrons. The highest BCUT2D eigenvalue weighted by Crippen LogP contribution is 2.35. The van der Waals surface area contributed by atoms with Gasteiger partial charge in [-0.2, -0.15) is 13.2 Å². The fraction of sp³-hybridized carbons (Fsp3) is 0.462. The van der Waals surface area contributed by atoms with Gasteiger partial charge in [0.15, 0.2) is 0 Å². The first-order chi connectivity index (χ1) is 10.0. The molecule has 6 nitrogen and oxygen atoms in total. The second-order valence-electron chi connectivity index (χ2n) is 5.15. The molecule has 0 aliphatic rings. The lowest BCUT2D eigenvalue weighted by atomic mass is 10.0. The molecule has 1 aromatic carbocycles. The largest absolute Gasteiger partial charge is 0.480 e. The van der Waals surface area contributed by atoms with Crippen molar-refractivity contribution in [2.24, 2.45) is 5.92 Å². The Morgan fingerprint density at radius 2 is 2.00 bits per heavy atom. The number of alkyl halides is 3. The summed E-state index contributed by atoms with van der Waals surface area (Å²) < 4.78 is 37.8. The standard InChI is InChI=1S/C13H15F3N2O4/c1-7(2)5-10(12(19)20)17-9-4-3-8(13(14,15)16)6-11(9)18(21)22/h3-4,6-7,10,17H,5H2,1-2H3,(H,19,20). The van der Waals surface area contributed by atoms with E-state index in [4.69, 9.17) is 5.11 Å². The summed E-state index contributed by atoms with van der Waals surface area (Å²) in [6, 6.07) is 0.799. The average molecular weight is 320 g/mol. The maximum atomic E-state index is 12.6. The molecule has 1 atom stereocenters. The Labute approximate surface area is 124 Å². The highest BCUT2D eigenvalue weighted by Gasteiger charge is 2.33. The summed E-state index contributed by atoms with van der Waals surface area (Å²) in [6.07, 6.45) is -4.54. The van der Waals surface area contributed by atoms with Crippen molar-refractivity contribution >= 4 is 17.3 Å². The molecule has 0 fully saturated rings. The lowest BCUT2D eigenvalue weighted by Crippen LogP contribution is -2.31. The van der Waals surface area contributed by atoms with Crippen LogP contribution in [0.25, 0.3) is 0 Å². The van der Waals surface area contributed by atoms with E-state index in [1.165, 1.54) is 0 Å². The van der Waals surface area contributed by atoms with Crippen LogP contribution in [0, 0.1) is 16.0 Å². The topological polar surface area (TPSA) is 92.5 Å². The number of nitro benzene ring substituents is 1. The third kappa shape index (κ3) is 4.61. The van der Waals surface area contributed by atoms with Gasteiger partial charge in [0, 0.05) is 6.07 Å². The minimum atomic E-state index is -4.71. The lowest BCUT2D eigenvalue weighted by Gasteiger charge is -2.18. The number of nitrogens with one attached hydrogen (secondary N) is 1. The predicted octanol–water partition coefficient (Wildman–Crippen LogP) is 3.52. The molecular formula is C13H15F3N2O4. The lowest BCUT2D eigenvalue weighted by molar-refractivity contribution is -0.384. The normalized spacial score (nSPS) is 13.0. The van der Waals surface area contributed by atoms with Crippen molar-refractivity contribution in [2.45, 2.75) is 32.5 Å². The van der Waals surface area contributed by atoms with Gasteiger partial charge >= 0.3 is 12.1 Å². The number of anilines is 1. The van der Waals surface area contributed by atoms with Gasteiger partial charge in [-0.3, -0.25) is 10.1 Å². The number of nitro groups is 1. The van der Waals surface area contributed by atoms with Crippen LogP contribution in [0.5, 0.6) is 0 Å². The van der Waals surface area contributed by atoms with Crippen LogP contribution in [0.4, 0.5) is 24.5 Å². The van der Waals surface area contributed by atoms with Crippen molar-refractivity contribution in [1.82, 2.24) is 0 Å². The molecule has 0 radical (unpaired) electrons. The van der Waals surface area contributed by atoms with Crippen LogP contribution in [0.2, 0.25) is 0 Å². The van der Waals surface area contributed by atoms with Gasteiger partial charge in [0.1, 0.15) is 11.7 Å². The van der Waals surface area contributed by atoms with E-state index >= 15 is 0 Å². The van der Waals surface area contributed by atoms with Crippen LogP contribution < -0.4 is 5.32 Å². The zero-order valence-corrected chi connectivity index (χ0v) is 11.8. The zero-order valence-electron chi connectivity index (χ0n) is 11.8. The van der Waals surface area contributed by atoms with E-state index in [-0.39, 0.29) is 18.0 Å². The van der Waals surface area contributed by atoms with Gasteiger partial charge in [0.2, 0.25) is 0 Å². The molecule has 0 saturated carbocycles. The Bertz CT molecular complexity index is 573. The highest BCUT2D eigenvalue weighted by atomic mass is 19.4. The molecule has 0 saturated heterocycles. The first-order valence-electron chi connectivity index (χ1n) is 6.37. The molecule has 0 spiro atoms. The van der Waals surface area contributed by atoms with Gasteiger partial charge in [-0.1, -0.05) is 13.8 Å². The van der Waals surface area contributed by atoms with Gasteiger partial charge in [-0.15, -0.1) is 0 Å². The van der Waals surface area contributed by atoms with Crippen molar-refractivity contribution in [3.05, 3.63) is 33.9 Å². The molecule has 0 aliphatic carbocycles. The summed E-state index contributed by atoms with van der Waals surface area (Å²) in [5.74, 6) is -1.25. The molecule has 1 rings (SSSR count). The maximum absolute atomic E-state index is 12.6. The van der Waals surface area contributed by atoms with E-state index in [1.54, 1.807) is 13.8 Å². The number of carboxylic acid groups (broad SMARTS) is 1. The number of carboxylic acids is 1. The smallest absolute Gasteiger partial charge is 0.416 e. The molecule has 0 aliphatic heterocycles. The molecule has 22 heavy (non-hydrogen) atoms. The van der Waals surface area contributed by atoms with Gasteiger partial charge in [0.05, 0.1) is 10.5 Å². The number of carbonyl (C=O) groups is 1. The fourth-order valence-electron chi connectivity index (χ4n) is 1.86. The zero-order chi connectivity index (χ0) is 17.1. The quantitative estimate of drug-likeness (QED) is 0.618. The summed E-state index contributed by atoms with van der Waals surface area (Å²) in [5, 5.41) is 22.4. The van der Waals surface area contributed by atoms with Gasteiger partial charge in [-0.05, 0) is 24.5 Å². The molecule has 1 unspecified atom stereocenters. The van der Waals surface area contributed by atoms with Crippen LogP contribution in [-0.2, 0) is 11.0 Å². The minimum Gasteiger partial charge on any atom is -0.480 e. The molecular weight excluding hydrogens is 305 g/mol. The molecule has 1 aromatic rings. The second kappa shape index (κ2) is 6.63. The number of hydrogen-bond donors (Lipinski definition) is 2. The molecule has 0 bridgehead atoms. The first-order valence-corrected chi connectivity index (χ1v) is 6.37. The number of nitrogens with zero attached hydrogens (tertiary/aromatic N) is 1. The summed E-state index contributed by atoms with van der Waals surface area (Å²) in [7, 11) is 0. The van der Waals surface area contributed by atoms with Gasteiger partial charge in [-0.25, -0.2) is 4.79 Å². The van der Waals surface area contributed by atoms with E-state index in [1.807, 2.05) is 0 Å². The van der Waals surface area contributed by atoms with Crippen LogP contribution in [0.1, 0.15) is 25.8 Å². The predicted molar refractivity (Wildman–Crippen MR) is 72.6 cm³/mol. The van der Waals surface area contributed by atoms with Crippen molar-refractivity contribution in [1.29, 1.82) is 0 Å². The van der Waals surface area contributed by atoms with Crippen LogP contribution >= 0.6 is 0 Å². The number of aliphatic carboxylic acids is 1. The highest BCUT2D eigenvalue weighted by molar-refractivity contribution is 5.79. The van der Waals surface area contributed by atoms with E-state index in [2.05, 4.69) is 5.32 Å². The number of halogens is 3. The van der Waals surface area contributed by atoms with Crippen LogP contribution in [0.3, 0.4) is 0 Å². The summed E-state index contributed by atoms with van der Waals surface area (Å²) in [5.41, 5.74) is -2.24. The minimum absolute atomic E-state index is 0.0119. The summed E-state index contributed by atoms with van der Waals surface area (Å²) >= 11 is 0. The second-order valence-corrected chi connectivity index (χ2v) is 5.15. The molecule has 9 heteroatoms. The Hall–Kier alpha value is -2.32. The number of benzene rings is 1. The van der Waals surface area contributed by atoms with Gasteiger partial charge in [0.25, 0.3) is 5.69 Å². The molecule has 2 N–H and O–H groups in total. The first kappa shape index (κ1) is 17.7. The van der Waals surface area contributed by atoms with Crippen molar-refractivity contribution in [3.63, 3.8) is 0 Å². The van der Waals surface area contributed by atoms with Crippen molar-refractivity contribution in [3.8, 4) is 0 Å². The molecule has 0 aromatic heterocycles. The van der Waals surface area contributed by atoms with Crippen LogP contribution in [-0.4, -0.2) is 22.0 Å². The van der Waals surface area contributed by atoms with E-state index in [0.717, 1.165) is 6.07 Å². The molecule has 0 heterocycles. The van der Waals surface area contributed by atoms with Gasteiger partial charge < -0.3 is 10.4 Å². The number of hydrogen-bond acceptors (Lipinski definition) is 4. The molecule has 0 amide bonds. The number of rotatable bonds is 6.